The Morgan fingerprint density at radius 1 is 1.00 bits per heavy atom. The molecule has 0 bridgehead atoms. The summed E-state index contributed by atoms with van der Waals surface area (Å²) >= 11 is 0. The lowest BCUT2D eigenvalue weighted by molar-refractivity contribution is 0.0244. The van der Waals surface area contributed by atoms with E-state index in [9.17, 15) is 5.11 Å². The van der Waals surface area contributed by atoms with Crippen molar-refractivity contribution in [3.8, 4) is 0 Å². The van der Waals surface area contributed by atoms with Gasteiger partial charge < -0.3 is 5.11 Å². The number of hydrogen-bond acceptors (Lipinski definition) is 2. The lowest BCUT2D eigenvalue weighted by atomic mass is 9.92. The van der Waals surface area contributed by atoms with Crippen LogP contribution in [0.2, 0.25) is 0 Å². The molecule has 0 heterocycles. The van der Waals surface area contributed by atoms with Crippen LogP contribution in [-0.4, -0.2) is 34.7 Å². The molecule has 2 heteroatoms. The van der Waals surface area contributed by atoms with E-state index < -0.39 is 0 Å². The molecule has 0 saturated heterocycles. The van der Waals surface area contributed by atoms with E-state index in [1.54, 1.807) is 0 Å². The zero-order valence-corrected chi connectivity index (χ0v) is 12.3. The summed E-state index contributed by atoms with van der Waals surface area (Å²) in [5, 5.41) is 10.4. The van der Waals surface area contributed by atoms with Crippen LogP contribution in [0, 0.1) is 5.92 Å². The van der Waals surface area contributed by atoms with Crippen molar-refractivity contribution < 1.29 is 5.11 Å². The van der Waals surface area contributed by atoms with Crippen LogP contribution in [0.25, 0.3) is 0 Å². The SMILES string of the molecule is CC(C)CCN(C1CC1)C1CCCCCCC1O. The Balaban J connectivity index is 1.93. The van der Waals surface area contributed by atoms with Gasteiger partial charge in [-0.1, -0.05) is 39.5 Å². The van der Waals surface area contributed by atoms with Gasteiger partial charge in [-0.25, -0.2) is 0 Å². The highest BCUT2D eigenvalue weighted by Gasteiger charge is 2.36. The standard InChI is InChI=1S/C16H31NO/c1-13(2)11-12-17(14-9-10-14)15-7-5-3-4-6-8-16(15)18/h13-16,18H,3-12H2,1-2H3. The Morgan fingerprint density at radius 2 is 1.67 bits per heavy atom. The summed E-state index contributed by atoms with van der Waals surface area (Å²) in [6.07, 6.45) is 11.4. The quantitative estimate of drug-likeness (QED) is 0.809. The summed E-state index contributed by atoms with van der Waals surface area (Å²) in [6.45, 7) is 5.81. The molecule has 2 aliphatic rings. The summed E-state index contributed by atoms with van der Waals surface area (Å²) in [4.78, 5) is 2.66. The number of hydrogen-bond donors (Lipinski definition) is 1. The van der Waals surface area contributed by atoms with Crippen LogP contribution >= 0.6 is 0 Å². The minimum Gasteiger partial charge on any atom is -0.391 e. The van der Waals surface area contributed by atoms with Gasteiger partial charge in [-0.2, -0.15) is 0 Å². The van der Waals surface area contributed by atoms with Crippen LogP contribution in [0.3, 0.4) is 0 Å². The summed E-state index contributed by atoms with van der Waals surface area (Å²) in [5.74, 6) is 0.775. The van der Waals surface area contributed by atoms with Crippen molar-refractivity contribution in [2.24, 2.45) is 5.92 Å². The summed E-state index contributed by atoms with van der Waals surface area (Å²) in [7, 11) is 0. The van der Waals surface area contributed by atoms with Gasteiger partial charge in [-0.05, 0) is 44.6 Å². The second kappa shape index (κ2) is 6.91. The molecule has 2 aliphatic carbocycles. The van der Waals surface area contributed by atoms with E-state index in [-0.39, 0.29) is 6.10 Å². The normalized spacial score (nSPS) is 30.5. The molecule has 0 aromatic heterocycles. The van der Waals surface area contributed by atoms with Gasteiger partial charge in [0.2, 0.25) is 0 Å². The van der Waals surface area contributed by atoms with E-state index in [2.05, 4.69) is 18.7 Å². The van der Waals surface area contributed by atoms with Gasteiger partial charge in [0.15, 0.2) is 0 Å². The van der Waals surface area contributed by atoms with E-state index in [4.69, 9.17) is 0 Å². The van der Waals surface area contributed by atoms with Crippen molar-refractivity contribution in [2.45, 2.75) is 89.8 Å². The highest BCUT2D eigenvalue weighted by atomic mass is 16.3. The topological polar surface area (TPSA) is 23.5 Å². The third-order valence-corrected chi connectivity index (χ3v) is 4.60. The van der Waals surface area contributed by atoms with Gasteiger partial charge in [0.1, 0.15) is 0 Å². The summed E-state index contributed by atoms with van der Waals surface area (Å²) in [6, 6.07) is 1.25. The fraction of sp³-hybridized carbons (Fsp3) is 1.00. The molecule has 2 saturated carbocycles. The van der Waals surface area contributed by atoms with Gasteiger partial charge in [-0.3, -0.25) is 4.90 Å². The first-order valence-corrected chi connectivity index (χ1v) is 8.12. The fourth-order valence-corrected chi connectivity index (χ4v) is 3.26. The Bertz CT molecular complexity index is 237. The van der Waals surface area contributed by atoms with E-state index in [0.29, 0.717) is 6.04 Å². The van der Waals surface area contributed by atoms with Crippen molar-refractivity contribution in [3.63, 3.8) is 0 Å². The molecular weight excluding hydrogens is 222 g/mol. The fourth-order valence-electron chi connectivity index (χ4n) is 3.26. The molecular formula is C16H31NO. The Labute approximate surface area is 113 Å². The Kier molecular flexibility index (Phi) is 5.50. The number of aliphatic hydroxyl groups is 1. The van der Waals surface area contributed by atoms with E-state index in [1.165, 1.54) is 57.9 Å². The van der Waals surface area contributed by atoms with Gasteiger partial charge in [0, 0.05) is 12.1 Å². The van der Waals surface area contributed by atoms with Crippen LogP contribution in [0.1, 0.15) is 71.6 Å². The predicted octanol–water partition coefficient (Wildman–Crippen LogP) is 3.58. The smallest absolute Gasteiger partial charge is 0.0695 e. The van der Waals surface area contributed by atoms with E-state index in [0.717, 1.165) is 18.4 Å². The van der Waals surface area contributed by atoms with Crippen LogP contribution in [0.4, 0.5) is 0 Å². The van der Waals surface area contributed by atoms with Crippen LogP contribution < -0.4 is 0 Å². The first-order valence-electron chi connectivity index (χ1n) is 8.12. The van der Waals surface area contributed by atoms with Gasteiger partial charge in [0.05, 0.1) is 6.10 Å². The van der Waals surface area contributed by atoms with Gasteiger partial charge >= 0.3 is 0 Å². The van der Waals surface area contributed by atoms with E-state index >= 15 is 0 Å². The molecule has 1 N–H and O–H groups in total. The average molecular weight is 253 g/mol. The minimum absolute atomic E-state index is 0.0712. The van der Waals surface area contributed by atoms with Crippen molar-refractivity contribution in [1.82, 2.24) is 4.90 Å². The maximum absolute atomic E-state index is 10.4. The molecule has 0 aromatic rings. The number of rotatable bonds is 5. The predicted molar refractivity (Wildman–Crippen MR) is 76.7 cm³/mol. The van der Waals surface area contributed by atoms with Gasteiger partial charge in [0.25, 0.3) is 0 Å². The molecule has 0 amide bonds. The monoisotopic (exact) mass is 253 g/mol. The van der Waals surface area contributed by atoms with Crippen molar-refractivity contribution in [2.75, 3.05) is 6.54 Å². The average Bonchev–Trinajstić information content (AvgIpc) is 3.11. The molecule has 2 fully saturated rings. The zero-order chi connectivity index (χ0) is 13.0. The maximum atomic E-state index is 10.4. The third kappa shape index (κ3) is 4.24. The molecule has 2 atom stereocenters. The number of nitrogens with zero attached hydrogens (tertiary/aromatic N) is 1. The Hall–Kier alpha value is -0.0800. The van der Waals surface area contributed by atoms with Crippen LogP contribution in [-0.2, 0) is 0 Å². The first-order chi connectivity index (χ1) is 8.68. The molecule has 2 unspecified atom stereocenters. The minimum atomic E-state index is -0.0712. The third-order valence-electron chi connectivity index (χ3n) is 4.60. The zero-order valence-electron chi connectivity index (χ0n) is 12.3. The molecule has 106 valence electrons. The van der Waals surface area contributed by atoms with Gasteiger partial charge in [-0.15, -0.1) is 0 Å². The first kappa shape index (κ1) is 14.3. The molecule has 2 nitrogen and oxygen atoms in total. The second-order valence-corrected chi connectivity index (χ2v) is 6.78. The highest BCUT2D eigenvalue weighted by Crippen LogP contribution is 2.33. The van der Waals surface area contributed by atoms with Crippen molar-refractivity contribution >= 4 is 0 Å². The molecule has 0 radical (unpaired) electrons. The van der Waals surface area contributed by atoms with Crippen LogP contribution in [0.5, 0.6) is 0 Å². The van der Waals surface area contributed by atoms with E-state index in [1.807, 2.05) is 0 Å². The van der Waals surface area contributed by atoms with Crippen LogP contribution in [0.15, 0.2) is 0 Å². The molecule has 18 heavy (non-hydrogen) atoms. The van der Waals surface area contributed by atoms with Crippen molar-refractivity contribution in [3.05, 3.63) is 0 Å². The molecule has 2 rings (SSSR count). The second-order valence-electron chi connectivity index (χ2n) is 6.78. The summed E-state index contributed by atoms with van der Waals surface area (Å²) in [5.41, 5.74) is 0. The lowest BCUT2D eigenvalue weighted by Crippen LogP contribution is -2.46. The Morgan fingerprint density at radius 3 is 2.28 bits per heavy atom. The largest absolute Gasteiger partial charge is 0.391 e. The molecule has 0 spiro atoms. The lowest BCUT2D eigenvalue weighted by Gasteiger charge is -2.37. The highest BCUT2D eigenvalue weighted by molar-refractivity contribution is 4.92. The number of aliphatic hydroxyl groups excluding tert-OH is 1. The molecule has 0 aliphatic heterocycles. The summed E-state index contributed by atoms with van der Waals surface area (Å²) < 4.78 is 0. The maximum Gasteiger partial charge on any atom is 0.0695 e. The molecule has 0 aromatic carbocycles. The van der Waals surface area contributed by atoms with Crippen molar-refractivity contribution in [1.29, 1.82) is 0 Å².